The molecule has 2 amide bonds. The maximum Gasteiger partial charge on any atom is 0.223 e. The Morgan fingerprint density at radius 3 is 2.60 bits per heavy atom. The maximum absolute atomic E-state index is 12.1. The first-order valence-corrected chi connectivity index (χ1v) is 8.52. The Morgan fingerprint density at radius 2 is 1.88 bits per heavy atom. The predicted molar refractivity (Wildman–Crippen MR) is 101 cm³/mol. The van der Waals surface area contributed by atoms with Crippen LogP contribution >= 0.6 is 0 Å². The zero-order valence-corrected chi connectivity index (χ0v) is 15.2. The molecule has 0 bridgehead atoms. The van der Waals surface area contributed by atoms with E-state index < -0.39 is 0 Å². The highest BCUT2D eigenvalue weighted by Gasteiger charge is 2.16. The van der Waals surface area contributed by atoms with Crippen molar-refractivity contribution in [3.63, 3.8) is 0 Å². The van der Waals surface area contributed by atoms with Crippen molar-refractivity contribution in [2.75, 3.05) is 38.6 Å². The van der Waals surface area contributed by atoms with Crippen LogP contribution in [0.3, 0.4) is 0 Å². The second-order valence-electron chi connectivity index (χ2n) is 6.28. The number of carbonyl (C=O) groups is 2. The van der Waals surface area contributed by atoms with E-state index in [2.05, 4.69) is 15.2 Å². The summed E-state index contributed by atoms with van der Waals surface area (Å²) in [4.78, 5) is 32.2. The van der Waals surface area contributed by atoms with Gasteiger partial charge in [0.1, 0.15) is 0 Å². The molecule has 1 aromatic heterocycles. The molecule has 2 aromatic rings. The minimum absolute atomic E-state index is 0.0433. The van der Waals surface area contributed by atoms with E-state index in [0.29, 0.717) is 13.1 Å². The monoisotopic (exact) mass is 342 g/mol. The number of pyridine rings is 1. The fourth-order valence-electron chi connectivity index (χ4n) is 2.68. The number of hydrogen-bond acceptors (Lipinski definition) is 4. The van der Waals surface area contributed by atoms with Crippen LogP contribution in [-0.4, -0.2) is 55.4 Å². The summed E-state index contributed by atoms with van der Waals surface area (Å²) >= 11 is 0. The molecule has 6 nitrogen and oxygen atoms in total. The minimum atomic E-state index is -0.0986. The first-order chi connectivity index (χ1) is 12.0. The molecular formula is C19H26N4O2. The van der Waals surface area contributed by atoms with Gasteiger partial charge in [0.15, 0.2) is 0 Å². The van der Waals surface area contributed by atoms with Crippen molar-refractivity contribution in [3.8, 4) is 0 Å². The van der Waals surface area contributed by atoms with Crippen molar-refractivity contribution >= 4 is 28.4 Å². The molecule has 1 N–H and O–H groups in total. The predicted octanol–water partition coefficient (Wildman–Crippen LogP) is 2.05. The molecule has 6 heteroatoms. The summed E-state index contributed by atoms with van der Waals surface area (Å²) in [6, 6.07) is 9.55. The van der Waals surface area contributed by atoms with Crippen LogP contribution in [0.5, 0.6) is 0 Å². The summed E-state index contributed by atoms with van der Waals surface area (Å²) in [6.45, 7) is 3.43. The van der Waals surface area contributed by atoms with E-state index in [-0.39, 0.29) is 18.2 Å². The summed E-state index contributed by atoms with van der Waals surface area (Å²) in [6.07, 6.45) is 2.88. The van der Waals surface area contributed by atoms with E-state index in [1.807, 2.05) is 44.4 Å². The number of carbonyl (C=O) groups excluding carboxylic acids is 2. The van der Waals surface area contributed by atoms with Gasteiger partial charge in [0.2, 0.25) is 11.8 Å². The molecule has 1 aromatic carbocycles. The van der Waals surface area contributed by atoms with Crippen molar-refractivity contribution in [1.29, 1.82) is 0 Å². The van der Waals surface area contributed by atoms with Gasteiger partial charge in [0.25, 0.3) is 0 Å². The Labute approximate surface area is 148 Å². The van der Waals surface area contributed by atoms with Gasteiger partial charge < -0.3 is 15.1 Å². The van der Waals surface area contributed by atoms with Gasteiger partial charge in [-0.3, -0.25) is 14.6 Å². The highest BCUT2D eigenvalue weighted by atomic mass is 16.2. The number of hydrogen-bond donors (Lipinski definition) is 1. The Bertz CT molecular complexity index is 725. The van der Waals surface area contributed by atoms with Crippen LogP contribution in [0.15, 0.2) is 36.5 Å². The Balaban J connectivity index is 1.99. The molecule has 0 saturated carbocycles. The van der Waals surface area contributed by atoms with Gasteiger partial charge >= 0.3 is 0 Å². The quantitative estimate of drug-likeness (QED) is 0.746. The molecule has 0 aliphatic rings. The van der Waals surface area contributed by atoms with Crippen LogP contribution < -0.4 is 10.2 Å². The lowest BCUT2D eigenvalue weighted by atomic mass is 10.1. The standard InChI is InChI=1S/C19H26N4O2/c1-15(24)23(14-10-18(25)20-12-6-13-22(2)3)17-9-4-7-16-8-5-11-21-19(16)17/h4-5,7-9,11H,6,10,12-14H2,1-3H3,(H,20,25). The van der Waals surface area contributed by atoms with Gasteiger partial charge in [-0.05, 0) is 39.2 Å². The summed E-state index contributed by atoms with van der Waals surface area (Å²) in [5.74, 6) is -0.142. The Kier molecular flexibility index (Phi) is 6.89. The Hall–Kier alpha value is -2.47. The summed E-state index contributed by atoms with van der Waals surface area (Å²) in [5.41, 5.74) is 1.51. The van der Waals surface area contributed by atoms with Crippen molar-refractivity contribution < 1.29 is 9.59 Å². The highest BCUT2D eigenvalue weighted by molar-refractivity contribution is 6.01. The number of nitrogens with one attached hydrogen (secondary N) is 1. The number of aromatic nitrogens is 1. The molecule has 0 aliphatic heterocycles. The highest BCUT2D eigenvalue weighted by Crippen LogP contribution is 2.25. The molecule has 2 rings (SSSR count). The fourth-order valence-corrected chi connectivity index (χ4v) is 2.68. The van der Waals surface area contributed by atoms with Crippen molar-refractivity contribution in [2.24, 2.45) is 0 Å². The molecule has 0 atom stereocenters. The van der Waals surface area contributed by atoms with E-state index in [9.17, 15) is 9.59 Å². The lowest BCUT2D eigenvalue weighted by Crippen LogP contribution is -2.34. The van der Waals surface area contributed by atoms with Crippen molar-refractivity contribution in [3.05, 3.63) is 36.5 Å². The SMILES string of the molecule is CC(=O)N(CCC(=O)NCCCN(C)C)c1cccc2cccnc12. The minimum Gasteiger partial charge on any atom is -0.356 e. The van der Waals surface area contributed by atoms with Crippen molar-refractivity contribution in [2.45, 2.75) is 19.8 Å². The van der Waals surface area contributed by atoms with Crippen LogP contribution in [0.1, 0.15) is 19.8 Å². The zero-order chi connectivity index (χ0) is 18.2. The molecule has 0 saturated heterocycles. The van der Waals surface area contributed by atoms with Crippen LogP contribution in [-0.2, 0) is 9.59 Å². The van der Waals surface area contributed by atoms with Crippen LogP contribution in [0.2, 0.25) is 0 Å². The van der Waals surface area contributed by atoms with E-state index in [1.54, 1.807) is 11.1 Å². The van der Waals surface area contributed by atoms with Gasteiger partial charge in [0.05, 0.1) is 11.2 Å². The average Bonchev–Trinajstić information content (AvgIpc) is 2.58. The number of benzene rings is 1. The summed E-state index contributed by atoms with van der Waals surface area (Å²) in [5, 5.41) is 3.87. The zero-order valence-electron chi connectivity index (χ0n) is 15.2. The van der Waals surface area contributed by atoms with E-state index >= 15 is 0 Å². The molecule has 25 heavy (non-hydrogen) atoms. The summed E-state index contributed by atoms with van der Waals surface area (Å²) < 4.78 is 0. The van der Waals surface area contributed by atoms with Gasteiger partial charge in [-0.25, -0.2) is 0 Å². The molecule has 0 aliphatic carbocycles. The lowest BCUT2D eigenvalue weighted by molar-refractivity contribution is -0.121. The number of para-hydroxylation sites is 1. The molecular weight excluding hydrogens is 316 g/mol. The van der Waals surface area contributed by atoms with Crippen LogP contribution in [0.25, 0.3) is 10.9 Å². The van der Waals surface area contributed by atoms with Crippen molar-refractivity contribution in [1.82, 2.24) is 15.2 Å². The third-order valence-corrected chi connectivity index (χ3v) is 3.95. The van der Waals surface area contributed by atoms with Gasteiger partial charge in [0, 0.05) is 38.0 Å². The topological polar surface area (TPSA) is 65.5 Å². The van der Waals surface area contributed by atoms with Crippen LogP contribution in [0, 0.1) is 0 Å². The second kappa shape index (κ2) is 9.13. The molecule has 0 unspecified atom stereocenters. The number of anilines is 1. The van der Waals surface area contributed by atoms with Gasteiger partial charge in [-0.15, -0.1) is 0 Å². The Morgan fingerprint density at radius 1 is 1.12 bits per heavy atom. The molecule has 134 valence electrons. The largest absolute Gasteiger partial charge is 0.356 e. The fraction of sp³-hybridized carbons (Fsp3) is 0.421. The molecule has 0 radical (unpaired) electrons. The third-order valence-electron chi connectivity index (χ3n) is 3.95. The first kappa shape index (κ1) is 18.9. The molecule has 1 heterocycles. The first-order valence-electron chi connectivity index (χ1n) is 8.52. The number of fused-ring (bicyclic) bond motifs is 1. The number of nitrogens with zero attached hydrogens (tertiary/aromatic N) is 3. The summed E-state index contributed by atoms with van der Waals surface area (Å²) in [7, 11) is 4.01. The normalized spacial score (nSPS) is 10.9. The third kappa shape index (κ3) is 5.53. The van der Waals surface area contributed by atoms with E-state index in [4.69, 9.17) is 0 Å². The molecule has 0 fully saturated rings. The van der Waals surface area contributed by atoms with E-state index in [1.165, 1.54) is 6.92 Å². The van der Waals surface area contributed by atoms with E-state index in [0.717, 1.165) is 29.6 Å². The van der Waals surface area contributed by atoms with Crippen LogP contribution in [0.4, 0.5) is 5.69 Å². The smallest absolute Gasteiger partial charge is 0.223 e. The van der Waals surface area contributed by atoms with Gasteiger partial charge in [-0.2, -0.15) is 0 Å². The average molecular weight is 342 g/mol. The number of amides is 2. The second-order valence-corrected chi connectivity index (χ2v) is 6.28. The molecule has 0 spiro atoms. The van der Waals surface area contributed by atoms with Gasteiger partial charge in [-0.1, -0.05) is 18.2 Å². The number of rotatable bonds is 8. The lowest BCUT2D eigenvalue weighted by Gasteiger charge is -2.22. The maximum atomic E-state index is 12.1.